The third-order valence-electron chi connectivity index (χ3n) is 5.77. The van der Waals surface area contributed by atoms with Crippen molar-refractivity contribution in [3.63, 3.8) is 0 Å². The number of hydrogen-bond acceptors (Lipinski definition) is 3. The maximum Gasteiger partial charge on any atom is 0.274 e. The zero-order valence-corrected chi connectivity index (χ0v) is 20.6. The van der Waals surface area contributed by atoms with Gasteiger partial charge in [-0.2, -0.15) is 0 Å². The van der Waals surface area contributed by atoms with Crippen LogP contribution < -0.4 is 10.1 Å². The zero-order chi connectivity index (χ0) is 22.0. The Morgan fingerprint density at radius 3 is 2.55 bits per heavy atom. The molecule has 5 aromatic rings. The highest BCUT2D eigenvalue weighted by Gasteiger charge is 2.14. The maximum absolute atomic E-state index is 13.2. The molecule has 0 amide bonds. The molecule has 0 aliphatic heterocycles. The summed E-state index contributed by atoms with van der Waals surface area (Å²) in [5.74, 6) is 0. The lowest BCUT2D eigenvalue weighted by molar-refractivity contribution is 0.964. The van der Waals surface area contributed by atoms with Crippen molar-refractivity contribution in [1.82, 2.24) is 14.0 Å². The Labute approximate surface area is 196 Å². The summed E-state index contributed by atoms with van der Waals surface area (Å²) in [6.45, 7) is 8.23. The molecule has 0 saturated carbocycles. The third-order valence-corrected chi connectivity index (χ3v) is 7.97. The third kappa shape index (κ3) is 3.25. The number of fused-ring (bicyclic) bond motifs is 3. The Morgan fingerprint density at radius 2 is 1.81 bits per heavy atom. The zero-order valence-electron chi connectivity index (χ0n) is 17.5. The first-order valence-electron chi connectivity index (χ1n) is 9.83. The fraction of sp³-hybridized carbons (Fsp3) is 0.167. The van der Waals surface area contributed by atoms with Crippen LogP contribution in [0.3, 0.4) is 0 Å². The predicted molar refractivity (Wildman–Crippen MR) is 133 cm³/mol. The van der Waals surface area contributed by atoms with Crippen LogP contribution in [0.1, 0.15) is 28.1 Å². The molecule has 0 bridgehead atoms. The van der Waals surface area contributed by atoms with Gasteiger partial charge >= 0.3 is 0 Å². The van der Waals surface area contributed by atoms with E-state index in [4.69, 9.17) is 11.6 Å². The second-order valence-corrected chi connectivity index (χ2v) is 10.1. The van der Waals surface area contributed by atoms with E-state index < -0.39 is 0 Å². The number of thiazole rings is 1. The molecule has 0 unspecified atom stereocenters. The molecule has 0 N–H and O–H groups in total. The highest BCUT2D eigenvalue weighted by Crippen LogP contribution is 2.28. The van der Waals surface area contributed by atoms with Crippen LogP contribution >= 0.6 is 38.9 Å². The van der Waals surface area contributed by atoms with Gasteiger partial charge in [-0.25, -0.2) is 9.38 Å². The molecule has 0 atom stereocenters. The van der Waals surface area contributed by atoms with Crippen LogP contribution in [0, 0.1) is 27.7 Å². The van der Waals surface area contributed by atoms with E-state index in [1.807, 2.05) is 36.4 Å². The Bertz CT molecular complexity index is 1630. The normalized spacial score (nSPS) is 12.5. The van der Waals surface area contributed by atoms with Crippen molar-refractivity contribution in [2.75, 3.05) is 0 Å². The Hall–Kier alpha value is -2.41. The molecule has 0 spiro atoms. The Balaban J connectivity index is 1.69. The number of halogens is 2. The number of aryl methyl sites for hydroxylation is 3. The van der Waals surface area contributed by atoms with Crippen molar-refractivity contribution in [1.29, 1.82) is 0 Å². The fourth-order valence-electron chi connectivity index (χ4n) is 4.01. The first-order valence-corrected chi connectivity index (χ1v) is 11.8. The van der Waals surface area contributed by atoms with E-state index in [2.05, 4.69) is 59.2 Å². The summed E-state index contributed by atoms with van der Waals surface area (Å²) in [5.41, 5.74) is 8.17. The van der Waals surface area contributed by atoms with Gasteiger partial charge in [0.2, 0.25) is 0 Å². The minimum Gasteiger partial charge on any atom is -0.318 e. The Morgan fingerprint density at radius 1 is 1.06 bits per heavy atom. The molecule has 0 aliphatic rings. The fourth-order valence-corrected chi connectivity index (χ4v) is 5.41. The molecule has 4 nitrogen and oxygen atoms in total. The van der Waals surface area contributed by atoms with E-state index in [9.17, 15) is 4.79 Å². The van der Waals surface area contributed by atoms with Crippen LogP contribution in [0.25, 0.3) is 27.8 Å². The highest BCUT2D eigenvalue weighted by atomic mass is 79.9. The van der Waals surface area contributed by atoms with Gasteiger partial charge in [0.05, 0.1) is 20.6 Å². The second kappa shape index (κ2) is 7.33. The number of nitrogens with zero attached hydrogens (tertiary/aromatic N) is 3. The van der Waals surface area contributed by atoms with E-state index in [0.717, 1.165) is 48.7 Å². The molecule has 0 saturated heterocycles. The first kappa shape index (κ1) is 20.5. The molecule has 0 fully saturated rings. The average Bonchev–Trinajstić information content (AvgIpc) is 3.30. The molecule has 31 heavy (non-hydrogen) atoms. The number of imidazole rings is 1. The van der Waals surface area contributed by atoms with Crippen molar-refractivity contribution in [2.45, 2.75) is 27.7 Å². The summed E-state index contributed by atoms with van der Waals surface area (Å²) in [6.07, 6.45) is 1.97. The lowest BCUT2D eigenvalue weighted by Gasteiger charge is -2.10. The smallest absolute Gasteiger partial charge is 0.274 e. The number of hydrogen-bond donors (Lipinski definition) is 0. The SMILES string of the molecule is Cc1cc2nc3s/c(=C\c4cc(C)n(-c5ccc(Br)c(Cl)c5)c4C)c(=O)n3c2cc1C. The van der Waals surface area contributed by atoms with Crippen molar-refractivity contribution < 1.29 is 0 Å². The standard InChI is InChI=1S/C24H19BrClN3OS/c1-12-7-20-21(8-13(12)2)29-23(30)22(31-24(29)27-20)10-16-9-14(3)28(15(16)4)17-5-6-18(25)19(26)11-17/h5-11H,1-4H3/b22-10-. The molecular formula is C24H19BrClN3OS. The molecule has 7 heteroatoms. The number of rotatable bonds is 2. The van der Waals surface area contributed by atoms with E-state index in [-0.39, 0.29) is 5.56 Å². The molecule has 0 radical (unpaired) electrons. The quantitative estimate of drug-likeness (QED) is 0.295. The summed E-state index contributed by atoms with van der Waals surface area (Å²) < 4.78 is 5.42. The highest BCUT2D eigenvalue weighted by molar-refractivity contribution is 9.10. The van der Waals surface area contributed by atoms with E-state index in [1.165, 1.54) is 16.9 Å². The van der Waals surface area contributed by atoms with Gasteiger partial charge in [-0.3, -0.25) is 4.79 Å². The van der Waals surface area contributed by atoms with Gasteiger partial charge < -0.3 is 4.57 Å². The van der Waals surface area contributed by atoms with Gasteiger partial charge in [0.15, 0.2) is 4.96 Å². The van der Waals surface area contributed by atoms with E-state index >= 15 is 0 Å². The van der Waals surface area contributed by atoms with Crippen molar-refractivity contribution in [3.8, 4) is 5.69 Å². The van der Waals surface area contributed by atoms with Gasteiger partial charge in [0.1, 0.15) is 0 Å². The van der Waals surface area contributed by atoms with Gasteiger partial charge in [-0.05, 0) is 103 Å². The largest absolute Gasteiger partial charge is 0.318 e. The van der Waals surface area contributed by atoms with E-state index in [0.29, 0.717) is 9.55 Å². The molecule has 156 valence electrons. The van der Waals surface area contributed by atoms with Gasteiger partial charge in [0.25, 0.3) is 5.56 Å². The van der Waals surface area contributed by atoms with Gasteiger partial charge in [0, 0.05) is 21.5 Å². The summed E-state index contributed by atoms with van der Waals surface area (Å²) in [4.78, 5) is 18.6. The minimum atomic E-state index is -0.0257. The van der Waals surface area contributed by atoms with Crippen LogP contribution in [0.15, 0.2) is 45.7 Å². The van der Waals surface area contributed by atoms with Crippen molar-refractivity contribution in [3.05, 3.63) is 88.9 Å². The molecule has 5 rings (SSSR count). The summed E-state index contributed by atoms with van der Waals surface area (Å²) in [7, 11) is 0. The molecule has 3 aromatic heterocycles. The number of benzene rings is 2. The lowest BCUT2D eigenvalue weighted by Crippen LogP contribution is -2.22. The van der Waals surface area contributed by atoms with Crippen LogP contribution in [0.5, 0.6) is 0 Å². The molecule has 2 aromatic carbocycles. The minimum absolute atomic E-state index is 0.0257. The second-order valence-electron chi connectivity index (χ2n) is 7.83. The first-order chi connectivity index (χ1) is 14.7. The van der Waals surface area contributed by atoms with Crippen LogP contribution in [-0.4, -0.2) is 14.0 Å². The van der Waals surface area contributed by atoms with E-state index in [1.54, 1.807) is 4.40 Å². The monoisotopic (exact) mass is 511 g/mol. The lowest BCUT2D eigenvalue weighted by atomic mass is 10.1. The van der Waals surface area contributed by atoms with Crippen molar-refractivity contribution in [2.24, 2.45) is 0 Å². The maximum atomic E-state index is 13.2. The number of aromatic nitrogens is 3. The average molecular weight is 513 g/mol. The molecular weight excluding hydrogens is 494 g/mol. The molecule has 3 heterocycles. The van der Waals surface area contributed by atoms with Crippen molar-refractivity contribution >= 4 is 60.9 Å². The topological polar surface area (TPSA) is 39.3 Å². The van der Waals surface area contributed by atoms with Crippen LogP contribution in [0.4, 0.5) is 0 Å². The molecule has 0 aliphatic carbocycles. The Kier molecular flexibility index (Phi) is 4.84. The predicted octanol–water partition coefficient (Wildman–Crippen LogP) is 5.90. The van der Waals surface area contributed by atoms with Crippen LogP contribution in [0.2, 0.25) is 5.02 Å². The van der Waals surface area contributed by atoms with Gasteiger partial charge in [-0.1, -0.05) is 22.9 Å². The van der Waals surface area contributed by atoms with Crippen LogP contribution in [-0.2, 0) is 0 Å². The summed E-state index contributed by atoms with van der Waals surface area (Å²) in [5, 5.41) is 0.661. The summed E-state index contributed by atoms with van der Waals surface area (Å²) in [6, 6.07) is 12.1. The summed E-state index contributed by atoms with van der Waals surface area (Å²) >= 11 is 11.2. The van der Waals surface area contributed by atoms with Gasteiger partial charge in [-0.15, -0.1) is 0 Å².